The number of amides is 1. The average Bonchev–Trinajstić information content (AvgIpc) is 2.83. The molecule has 1 amide bonds. The van der Waals surface area contributed by atoms with Gasteiger partial charge in [-0.25, -0.2) is 4.39 Å². The first-order valence-corrected chi connectivity index (χ1v) is 7.18. The van der Waals surface area contributed by atoms with Gasteiger partial charge in [-0.05, 0) is 45.1 Å². The molecule has 0 aliphatic carbocycles. The summed E-state index contributed by atoms with van der Waals surface area (Å²) < 4.78 is 13.9. The second kappa shape index (κ2) is 6.27. The number of rotatable bonds is 4. The van der Waals surface area contributed by atoms with Crippen molar-refractivity contribution < 1.29 is 14.3 Å². The van der Waals surface area contributed by atoms with Gasteiger partial charge in [-0.1, -0.05) is 6.07 Å². The van der Waals surface area contributed by atoms with Crippen molar-refractivity contribution >= 4 is 33.2 Å². The molecule has 0 radical (unpaired) electrons. The lowest BCUT2D eigenvalue weighted by molar-refractivity contribution is 0.0954. The van der Waals surface area contributed by atoms with Gasteiger partial charge in [0.05, 0.1) is 6.61 Å². The summed E-state index contributed by atoms with van der Waals surface area (Å²) in [5.74, 6) is -0.629. The van der Waals surface area contributed by atoms with Crippen LogP contribution in [-0.4, -0.2) is 11.0 Å². The summed E-state index contributed by atoms with van der Waals surface area (Å²) in [6.07, 6.45) is 0. The molecule has 1 heterocycles. The van der Waals surface area contributed by atoms with Crippen LogP contribution < -0.4 is 5.32 Å². The highest BCUT2D eigenvalue weighted by atomic mass is 79.9. The van der Waals surface area contributed by atoms with E-state index in [1.807, 2.05) is 5.38 Å². The number of benzene rings is 1. The summed E-state index contributed by atoms with van der Waals surface area (Å²) >= 11 is 4.64. The summed E-state index contributed by atoms with van der Waals surface area (Å²) in [7, 11) is 0. The Bertz CT molecular complexity index is 600. The lowest BCUT2D eigenvalue weighted by Crippen LogP contribution is -2.22. The zero-order valence-electron chi connectivity index (χ0n) is 9.82. The molecule has 3 nitrogen and oxygen atoms in total. The van der Waals surface area contributed by atoms with E-state index in [9.17, 15) is 9.18 Å². The van der Waals surface area contributed by atoms with Crippen LogP contribution in [0.3, 0.4) is 0 Å². The van der Waals surface area contributed by atoms with Crippen molar-refractivity contribution in [1.82, 2.24) is 5.32 Å². The fourth-order valence-corrected chi connectivity index (χ4v) is 3.05. The fourth-order valence-electron chi connectivity index (χ4n) is 1.58. The normalized spacial score (nSPS) is 10.5. The first kappa shape index (κ1) is 14.2. The van der Waals surface area contributed by atoms with Crippen LogP contribution in [0.2, 0.25) is 0 Å². The van der Waals surface area contributed by atoms with Crippen LogP contribution >= 0.6 is 27.3 Å². The van der Waals surface area contributed by atoms with Crippen LogP contribution in [0.5, 0.6) is 0 Å². The van der Waals surface area contributed by atoms with E-state index in [1.165, 1.54) is 17.4 Å². The molecule has 0 atom stereocenters. The third-order valence-corrected chi connectivity index (χ3v) is 4.39. The smallest absolute Gasteiger partial charge is 0.262 e. The van der Waals surface area contributed by atoms with Gasteiger partial charge in [0, 0.05) is 16.6 Å². The summed E-state index contributed by atoms with van der Waals surface area (Å²) in [6, 6.07) is 6.22. The molecule has 0 aliphatic rings. The van der Waals surface area contributed by atoms with Crippen LogP contribution in [-0.2, 0) is 13.2 Å². The van der Waals surface area contributed by atoms with Crippen LogP contribution in [0, 0.1) is 5.82 Å². The Kier molecular flexibility index (Phi) is 4.68. The maximum Gasteiger partial charge on any atom is 0.262 e. The predicted octanol–water partition coefficient (Wildman–Crippen LogP) is 3.07. The van der Waals surface area contributed by atoms with Gasteiger partial charge in [0.1, 0.15) is 10.7 Å². The highest BCUT2D eigenvalue weighted by molar-refractivity contribution is 9.10. The zero-order valence-corrected chi connectivity index (χ0v) is 12.2. The van der Waals surface area contributed by atoms with E-state index in [2.05, 4.69) is 21.2 Å². The van der Waals surface area contributed by atoms with Crippen LogP contribution in [0.4, 0.5) is 4.39 Å². The molecular formula is C13H11BrFNO2S. The summed E-state index contributed by atoms with van der Waals surface area (Å²) in [6.45, 7) is -0.0689. The highest BCUT2D eigenvalue weighted by Crippen LogP contribution is 2.22. The Morgan fingerprint density at radius 1 is 1.42 bits per heavy atom. The van der Waals surface area contributed by atoms with Gasteiger partial charge in [-0.2, -0.15) is 0 Å². The number of carbonyl (C=O) groups is 1. The maximum atomic E-state index is 13.2. The number of hydrogen-bond donors (Lipinski definition) is 2. The molecule has 6 heteroatoms. The average molecular weight is 344 g/mol. The van der Waals surface area contributed by atoms with Gasteiger partial charge in [0.15, 0.2) is 0 Å². The minimum Gasteiger partial charge on any atom is -0.392 e. The van der Waals surface area contributed by atoms with Crippen molar-refractivity contribution in [2.45, 2.75) is 13.2 Å². The molecule has 0 fully saturated rings. The monoisotopic (exact) mass is 343 g/mol. The van der Waals surface area contributed by atoms with Crippen LogP contribution in [0.25, 0.3) is 0 Å². The molecule has 100 valence electrons. The van der Waals surface area contributed by atoms with Crippen molar-refractivity contribution in [3.63, 3.8) is 0 Å². The van der Waals surface area contributed by atoms with E-state index in [-0.39, 0.29) is 24.6 Å². The molecule has 0 unspecified atom stereocenters. The minimum atomic E-state index is -0.446. The first-order chi connectivity index (χ1) is 9.11. The number of nitrogens with one attached hydrogen (secondary N) is 1. The van der Waals surface area contributed by atoms with E-state index in [4.69, 9.17) is 5.11 Å². The largest absolute Gasteiger partial charge is 0.392 e. The molecule has 1 aromatic heterocycles. The molecule has 0 bridgehead atoms. The lowest BCUT2D eigenvalue weighted by atomic mass is 10.1. The number of aliphatic hydroxyl groups is 1. The zero-order chi connectivity index (χ0) is 13.8. The van der Waals surface area contributed by atoms with Crippen molar-refractivity contribution in [3.8, 4) is 0 Å². The van der Waals surface area contributed by atoms with E-state index < -0.39 is 5.82 Å². The van der Waals surface area contributed by atoms with E-state index >= 15 is 0 Å². The number of hydrogen-bond acceptors (Lipinski definition) is 3. The van der Waals surface area contributed by atoms with Gasteiger partial charge in [0.2, 0.25) is 0 Å². The molecule has 19 heavy (non-hydrogen) atoms. The number of thiophene rings is 1. The SMILES string of the molecule is O=C(NCc1ccc(F)c(CO)c1)c1sccc1Br. The van der Waals surface area contributed by atoms with Gasteiger partial charge >= 0.3 is 0 Å². The van der Waals surface area contributed by atoms with Gasteiger partial charge in [0.25, 0.3) is 5.91 Å². The lowest BCUT2D eigenvalue weighted by Gasteiger charge is -2.06. The van der Waals surface area contributed by atoms with Gasteiger partial charge in [-0.15, -0.1) is 11.3 Å². The Balaban J connectivity index is 2.03. The predicted molar refractivity (Wildman–Crippen MR) is 75.5 cm³/mol. The molecule has 2 N–H and O–H groups in total. The maximum absolute atomic E-state index is 13.2. The van der Waals surface area contributed by atoms with Crippen LogP contribution in [0.1, 0.15) is 20.8 Å². The molecule has 0 saturated carbocycles. The minimum absolute atomic E-state index is 0.184. The molecule has 1 aromatic carbocycles. The number of carbonyl (C=O) groups excluding carboxylic acids is 1. The molecular weight excluding hydrogens is 333 g/mol. The summed E-state index contributed by atoms with van der Waals surface area (Å²) in [5.41, 5.74) is 0.968. The van der Waals surface area contributed by atoms with Gasteiger partial charge < -0.3 is 10.4 Å². The van der Waals surface area contributed by atoms with Gasteiger partial charge in [-0.3, -0.25) is 4.79 Å². The van der Waals surface area contributed by atoms with E-state index in [0.29, 0.717) is 4.88 Å². The van der Waals surface area contributed by atoms with Crippen molar-refractivity contribution in [1.29, 1.82) is 0 Å². The topological polar surface area (TPSA) is 49.3 Å². The van der Waals surface area contributed by atoms with Crippen molar-refractivity contribution in [2.75, 3.05) is 0 Å². The van der Waals surface area contributed by atoms with E-state index in [0.717, 1.165) is 10.0 Å². The third kappa shape index (κ3) is 3.40. The summed E-state index contributed by atoms with van der Waals surface area (Å²) in [5, 5.41) is 13.5. The molecule has 0 saturated heterocycles. The standard InChI is InChI=1S/C13H11BrFNO2S/c14-10-3-4-19-12(10)13(18)16-6-8-1-2-11(15)9(5-8)7-17/h1-5,17H,6-7H2,(H,16,18). The van der Waals surface area contributed by atoms with E-state index in [1.54, 1.807) is 18.2 Å². The first-order valence-electron chi connectivity index (χ1n) is 5.51. The molecule has 2 aromatic rings. The quantitative estimate of drug-likeness (QED) is 0.896. The Morgan fingerprint density at radius 3 is 2.84 bits per heavy atom. The molecule has 0 aliphatic heterocycles. The Morgan fingerprint density at radius 2 is 2.21 bits per heavy atom. The second-order valence-electron chi connectivity index (χ2n) is 3.86. The third-order valence-electron chi connectivity index (χ3n) is 2.56. The molecule has 0 spiro atoms. The Hall–Kier alpha value is -1.24. The number of halogens is 2. The Labute approximate surface area is 122 Å². The molecule has 2 rings (SSSR count). The number of aliphatic hydroxyl groups excluding tert-OH is 1. The highest BCUT2D eigenvalue weighted by Gasteiger charge is 2.11. The summed E-state index contributed by atoms with van der Waals surface area (Å²) in [4.78, 5) is 12.5. The van der Waals surface area contributed by atoms with Crippen molar-refractivity contribution in [3.05, 3.63) is 55.9 Å². The fraction of sp³-hybridized carbons (Fsp3) is 0.154. The second-order valence-corrected chi connectivity index (χ2v) is 5.63. The van der Waals surface area contributed by atoms with Crippen molar-refractivity contribution in [2.24, 2.45) is 0 Å². The van der Waals surface area contributed by atoms with Crippen LogP contribution in [0.15, 0.2) is 34.1 Å².